The van der Waals surface area contributed by atoms with Gasteiger partial charge in [-0.25, -0.2) is 0 Å². The number of hydrogen-bond donors (Lipinski definition) is 1. The van der Waals surface area contributed by atoms with Crippen LogP contribution in [0.3, 0.4) is 0 Å². The van der Waals surface area contributed by atoms with Gasteiger partial charge in [-0.1, -0.05) is 12.1 Å². The average molecular weight is 312 g/mol. The molecular weight excluding hydrogens is 284 g/mol. The molecule has 0 amide bonds. The minimum atomic E-state index is 0.230. The highest BCUT2D eigenvalue weighted by Crippen LogP contribution is 2.23. The van der Waals surface area contributed by atoms with Gasteiger partial charge in [-0.05, 0) is 30.4 Å². The van der Waals surface area contributed by atoms with Crippen LogP contribution in [0, 0.1) is 0 Å². The lowest BCUT2D eigenvalue weighted by Gasteiger charge is -2.31. The predicted molar refractivity (Wildman–Crippen MR) is 90.0 cm³/mol. The summed E-state index contributed by atoms with van der Waals surface area (Å²) in [5.74, 6) is 0. The van der Waals surface area contributed by atoms with Crippen molar-refractivity contribution in [2.75, 3.05) is 53.3 Å². The van der Waals surface area contributed by atoms with Crippen LogP contribution >= 0.6 is 11.8 Å². The Balaban J connectivity index is 2.76. The fraction of sp³-hybridized carbons (Fsp3) is 0.625. The van der Waals surface area contributed by atoms with Crippen LogP contribution in [0.1, 0.15) is 18.0 Å². The Hall–Kier alpha value is -0.590. The lowest BCUT2D eigenvalue weighted by Crippen LogP contribution is -2.37. The summed E-state index contributed by atoms with van der Waals surface area (Å²) in [5, 5.41) is 0. The first-order valence-corrected chi connectivity index (χ1v) is 8.55. The number of benzene rings is 1. The van der Waals surface area contributed by atoms with E-state index in [4.69, 9.17) is 15.2 Å². The molecule has 1 rings (SSSR count). The molecule has 1 atom stereocenters. The number of rotatable bonds is 11. The molecule has 0 radical (unpaired) electrons. The van der Waals surface area contributed by atoms with Crippen molar-refractivity contribution >= 4 is 11.8 Å². The first kappa shape index (κ1) is 18.5. The van der Waals surface area contributed by atoms with Crippen molar-refractivity contribution in [2.24, 2.45) is 5.73 Å². The molecule has 4 nitrogen and oxygen atoms in total. The molecule has 1 unspecified atom stereocenters. The van der Waals surface area contributed by atoms with E-state index in [-0.39, 0.29) is 6.04 Å². The van der Waals surface area contributed by atoms with Gasteiger partial charge in [0.15, 0.2) is 0 Å². The Morgan fingerprint density at radius 2 is 1.76 bits per heavy atom. The van der Waals surface area contributed by atoms with Crippen molar-refractivity contribution < 1.29 is 9.47 Å². The first-order valence-electron chi connectivity index (χ1n) is 7.32. The maximum Gasteiger partial charge on any atom is 0.0589 e. The predicted octanol–water partition coefficient (Wildman–Crippen LogP) is 2.39. The molecule has 5 heteroatoms. The molecule has 0 bridgehead atoms. The molecule has 120 valence electrons. The molecule has 0 saturated heterocycles. The lowest BCUT2D eigenvalue weighted by atomic mass is 10.1. The monoisotopic (exact) mass is 312 g/mol. The zero-order valence-corrected chi connectivity index (χ0v) is 14.2. The van der Waals surface area contributed by atoms with Crippen LogP contribution in [-0.4, -0.2) is 58.2 Å². The second-order valence-electron chi connectivity index (χ2n) is 4.90. The summed E-state index contributed by atoms with van der Waals surface area (Å²) in [4.78, 5) is 3.66. The van der Waals surface area contributed by atoms with E-state index in [0.717, 1.165) is 26.1 Å². The van der Waals surface area contributed by atoms with Crippen molar-refractivity contribution in [3.63, 3.8) is 0 Å². The minimum absolute atomic E-state index is 0.230. The van der Waals surface area contributed by atoms with E-state index in [1.165, 1.54) is 10.5 Å². The number of nitrogens with zero attached hydrogens (tertiary/aromatic N) is 1. The second kappa shape index (κ2) is 11.0. The van der Waals surface area contributed by atoms with E-state index in [2.05, 4.69) is 35.4 Å². The molecule has 0 saturated carbocycles. The molecule has 0 fully saturated rings. The zero-order chi connectivity index (χ0) is 15.5. The molecule has 0 aliphatic rings. The summed E-state index contributed by atoms with van der Waals surface area (Å²) in [6, 6.07) is 8.91. The lowest BCUT2D eigenvalue weighted by molar-refractivity contribution is 0.108. The van der Waals surface area contributed by atoms with Crippen LogP contribution in [0.15, 0.2) is 29.2 Å². The quantitative estimate of drug-likeness (QED) is 0.502. The van der Waals surface area contributed by atoms with Gasteiger partial charge in [-0.2, -0.15) is 0 Å². The summed E-state index contributed by atoms with van der Waals surface area (Å²) >= 11 is 1.75. The van der Waals surface area contributed by atoms with Gasteiger partial charge in [-0.15, -0.1) is 11.8 Å². The Kier molecular flexibility index (Phi) is 9.70. The molecule has 0 heterocycles. The average Bonchev–Trinajstić information content (AvgIpc) is 2.53. The van der Waals surface area contributed by atoms with Gasteiger partial charge in [0, 0.05) is 51.4 Å². The zero-order valence-electron chi connectivity index (χ0n) is 13.4. The highest BCUT2D eigenvalue weighted by Gasteiger charge is 2.18. The maximum atomic E-state index is 6.03. The molecule has 1 aromatic rings. The second-order valence-corrected chi connectivity index (χ2v) is 5.78. The topological polar surface area (TPSA) is 47.7 Å². The summed E-state index contributed by atoms with van der Waals surface area (Å²) < 4.78 is 10.4. The van der Waals surface area contributed by atoms with Gasteiger partial charge in [0.1, 0.15) is 0 Å². The third kappa shape index (κ3) is 6.36. The third-order valence-corrected chi connectivity index (χ3v) is 4.28. The van der Waals surface area contributed by atoms with Crippen LogP contribution in [0.25, 0.3) is 0 Å². The van der Waals surface area contributed by atoms with E-state index in [0.29, 0.717) is 13.2 Å². The maximum absolute atomic E-state index is 6.03. The molecule has 0 aliphatic carbocycles. The Morgan fingerprint density at radius 1 is 1.10 bits per heavy atom. The largest absolute Gasteiger partial charge is 0.385 e. The summed E-state index contributed by atoms with van der Waals surface area (Å²) in [5.41, 5.74) is 7.30. The van der Waals surface area contributed by atoms with E-state index >= 15 is 0 Å². The van der Waals surface area contributed by atoms with Gasteiger partial charge in [0.2, 0.25) is 0 Å². The van der Waals surface area contributed by atoms with Crippen LogP contribution in [0.5, 0.6) is 0 Å². The summed E-state index contributed by atoms with van der Waals surface area (Å²) in [6.07, 6.45) is 3.09. The highest BCUT2D eigenvalue weighted by molar-refractivity contribution is 7.98. The van der Waals surface area contributed by atoms with Gasteiger partial charge in [-0.3, -0.25) is 4.90 Å². The highest BCUT2D eigenvalue weighted by atomic mass is 32.2. The van der Waals surface area contributed by atoms with Gasteiger partial charge in [0.25, 0.3) is 0 Å². The molecule has 0 spiro atoms. The van der Waals surface area contributed by atoms with Crippen LogP contribution in [-0.2, 0) is 9.47 Å². The Labute approximate surface area is 133 Å². The number of methoxy groups -OCH3 is 2. The van der Waals surface area contributed by atoms with E-state index < -0.39 is 0 Å². The third-order valence-electron chi connectivity index (χ3n) is 3.54. The molecule has 0 aliphatic heterocycles. The van der Waals surface area contributed by atoms with Crippen molar-refractivity contribution in [3.05, 3.63) is 29.8 Å². The number of hydrogen-bond acceptors (Lipinski definition) is 5. The van der Waals surface area contributed by atoms with E-state index in [1.807, 2.05) is 0 Å². The first-order chi connectivity index (χ1) is 10.3. The number of ether oxygens (including phenoxy) is 2. The molecule has 0 aromatic heterocycles. The number of nitrogens with two attached hydrogens (primary N) is 1. The van der Waals surface area contributed by atoms with Crippen molar-refractivity contribution in [3.8, 4) is 0 Å². The van der Waals surface area contributed by atoms with Crippen LogP contribution in [0.2, 0.25) is 0 Å². The molecule has 2 N–H and O–H groups in total. The Bertz CT molecular complexity index is 373. The van der Waals surface area contributed by atoms with E-state index in [9.17, 15) is 0 Å². The number of thioether (sulfide) groups is 1. The van der Waals surface area contributed by atoms with Crippen LogP contribution in [0.4, 0.5) is 0 Å². The smallest absolute Gasteiger partial charge is 0.0589 e. The van der Waals surface area contributed by atoms with Crippen molar-refractivity contribution in [1.82, 2.24) is 4.90 Å². The SMILES string of the molecule is COCCCN(CCOC)C(CN)c1ccc(SC)cc1. The standard InChI is InChI=1S/C16H28N2O2S/c1-19-11-4-9-18(10-12-20-2)16(13-17)14-5-7-15(21-3)8-6-14/h5-8,16H,4,9-13,17H2,1-3H3. The summed E-state index contributed by atoms with van der Waals surface area (Å²) in [6.45, 7) is 3.93. The fourth-order valence-corrected chi connectivity index (χ4v) is 2.77. The normalized spacial score (nSPS) is 12.8. The molecule has 21 heavy (non-hydrogen) atoms. The Morgan fingerprint density at radius 3 is 2.29 bits per heavy atom. The fourth-order valence-electron chi connectivity index (χ4n) is 2.37. The van der Waals surface area contributed by atoms with Crippen molar-refractivity contribution in [1.29, 1.82) is 0 Å². The summed E-state index contributed by atoms with van der Waals surface area (Å²) in [7, 11) is 3.47. The molecule has 1 aromatic carbocycles. The minimum Gasteiger partial charge on any atom is -0.385 e. The van der Waals surface area contributed by atoms with Crippen LogP contribution < -0.4 is 5.73 Å². The van der Waals surface area contributed by atoms with Gasteiger partial charge < -0.3 is 15.2 Å². The van der Waals surface area contributed by atoms with E-state index in [1.54, 1.807) is 26.0 Å². The van der Waals surface area contributed by atoms with Gasteiger partial charge >= 0.3 is 0 Å². The van der Waals surface area contributed by atoms with Crippen molar-refractivity contribution in [2.45, 2.75) is 17.4 Å². The van der Waals surface area contributed by atoms with Gasteiger partial charge in [0.05, 0.1) is 6.61 Å². The molecular formula is C16H28N2O2S.